The van der Waals surface area contributed by atoms with E-state index < -0.39 is 35.9 Å². The number of hydrogen-bond acceptors (Lipinski definition) is 4. The molecule has 4 atom stereocenters. The van der Waals surface area contributed by atoms with Crippen molar-refractivity contribution in [2.45, 2.75) is 32.9 Å². The number of carboxylic acid groups (broad SMARTS) is 1. The summed E-state index contributed by atoms with van der Waals surface area (Å²) in [6, 6.07) is -0.473. The number of rotatable bonds is 4. The molecule has 1 rings (SSSR count). The average molecular weight is 229 g/mol. The Morgan fingerprint density at radius 3 is 2.38 bits per heavy atom. The van der Waals surface area contributed by atoms with Gasteiger partial charge in [0.25, 0.3) is 0 Å². The molecule has 1 aliphatic heterocycles. The van der Waals surface area contributed by atoms with Gasteiger partial charge >= 0.3 is 11.9 Å². The van der Waals surface area contributed by atoms with Gasteiger partial charge < -0.3 is 15.2 Å². The molecule has 0 unspecified atom stereocenters. The second kappa shape index (κ2) is 4.51. The van der Waals surface area contributed by atoms with Crippen LogP contribution in [0.15, 0.2) is 0 Å². The summed E-state index contributed by atoms with van der Waals surface area (Å²) < 4.78 is 4.89. The normalized spacial score (nSPS) is 27.3. The van der Waals surface area contributed by atoms with Gasteiger partial charge in [-0.3, -0.25) is 14.4 Å². The maximum absolute atomic E-state index is 11.3. The summed E-state index contributed by atoms with van der Waals surface area (Å²) in [4.78, 5) is 32.8. The van der Waals surface area contributed by atoms with Crippen molar-refractivity contribution >= 4 is 17.8 Å². The summed E-state index contributed by atoms with van der Waals surface area (Å²) in [5, 5.41) is 11.3. The lowest BCUT2D eigenvalue weighted by molar-refractivity contribution is -0.160. The van der Waals surface area contributed by atoms with Crippen LogP contribution in [-0.4, -0.2) is 35.1 Å². The number of esters is 1. The van der Waals surface area contributed by atoms with Gasteiger partial charge in [0.15, 0.2) is 0 Å². The van der Waals surface area contributed by atoms with Gasteiger partial charge in [-0.1, -0.05) is 0 Å². The second-order valence-electron chi connectivity index (χ2n) is 4.00. The van der Waals surface area contributed by atoms with Crippen LogP contribution in [-0.2, 0) is 19.1 Å². The highest BCUT2D eigenvalue weighted by Gasteiger charge is 2.48. The van der Waals surface area contributed by atoms with Gasteiger partial charge in [0.05, 0.1) is 17.9 Å². The van der Waals surface area contributed by atoms with Crippen molar-refractivity contribution in [3.63, 3.8) is 0 Å². The van der Waals surface area contributed by atoms with Crippen LogP contribution in [0.3, 0.4) is 0 Å². The first-order valence-electron chi connectivity index (χ1n) is 5.05. The first-order chi connectivity index (χ1) is 7.34. The number of amides is 1. The molecule has 6 nitrogen and oxygen atoms in total. The van der Waals surface area contributed by atoms with Crippen molar-refractivity contribution in [1.82, 2.24) is 5.32 Å². The summed E-state index contributed by atoms with van der Waals surface area (Å²) in [6.45, 7) is 4.36. The Labute approximate surface area is 93.0 Å². The Balaban J connectivity index is 2.66. The highest BCUT2D eigenvalue weighted by atomic mass is 16.5. The number of carbonyl (C=O) groups is 3. The van der Waals surface area contributed by atoms with E-state index in [9.17, 15) is 14.4 Å². The molecule has 1 saturated heterocycles. The lowest BCUT2D eigenvalue weighted by Gasteiger charge is -2.41. The zero-order valence-corrected chi connectivity index (χ0v) is 9.39. The zero-order valence-electron chi connectivity index (χ0n) is 9.39. The SMILES string of the molecule is CC(=O)O[C@H](C)[C@H]1C(=O)N[C@@H]1[C@@H](C)C(=O)O. The molecule has 0 spiro atoms. The minimum absolute atomic E-state index is 0.271. The van der Waals surface area contributed by atoms with Crippen molar-refractivity contribution in [3.8, 4) is 0 Å². The zero-order chi connectivity index (χ0) is 12.5. The third-order valence-corrected chi connectivity index (χ3v) is 2.78. The molecule has 6 heteroatoms. The summed E-state index contributed by atoms with van der Waals surface area (Å²) in [7, 11) is 0. The van der Waals surface area contributed by atoms with Gasteiger partial charge in [-0.25, -0.2) is 0 Å². The minimum Gasteiger partial charge on any atom is -0.481 e. The molecule has 0 aromatic carbocycles. The van der Waals surface area contributed by atoms with Gasteiger partial charge in [-0.2, -0.15) is 0 Å². The van der Waals surface area contributed by atoms with E-state index in [2.05, 4.69) is 5.32 Å². The van der Waals surface area contributed by atoms with Gasteiger partial charge in [0, 0.05) is 6.92 Å². The molecule has 2 N–H and O–H groups in total. The number of ether oxygens (including phenoxy) is 1. The smallest absolute Gasteiger partial charge is 0.308 e. The fourth-order valence-electron chi connectivity index (χ4n) is 1.85. The van der Waals surface area contributed by atoms with Crippen molar-refractivity contribution in [2.75, 3.05) is 0 Å². The molecule has 0 bridgehead atoms. The Kier molecular flexibility index (Phi) is 3.51. The maximum atomic E-state index is 11.3. The van der Waals surface area contributed by atoms with Gasteiger partial charge in [-0.15, -0.1) is 0 Å². The predicted molar refractivity (Wildman–Crippen MR) is 53.4 cm³/mol. The van der Waals surface area contributed by atoms with E-state index >= 15 is 0 Å². The van der Waals surface area contributed by atoms with E-state index in [0.717, 1.165) is 0 Å². The van der Waals surface area contributed by atoms with Crippen LogP contribution in [0.4, 0.5) is 0 Å². The molecule has 1 amide bonds. The Hall–Kier alpha value is -1.59. The highest BCUT2D eigenvalue weighted by Crippen LogP contribution is 2.27. The van der Waals surface area contributed by atoms with Gasteiger partial charge in [-0.05, 0) is 13.8 Å². The summed E-state index contributed by atoms with van der Waals surface area (Å²) in [5.41, 5.74) is 0. The van der Waals surface area contributed by atoms with Crippen molar-refractivity contribution in [1.29, 1.82) is 0 Å². The number of carbonyl (C=O) groups excluding carboxylic acids is 2. The van der Waals surface area contributed by atoms with E-state index in [0.29, 0.717) is 0 Å². The summed E-state index contributed by atoms with van der Waals surface area (Å²) in [6.07, 6.45) is -0.599. The Morgan fingerprint density at radius 1 is 1.44 bits per heavy atom. The first kappa shape index (κ1) is 12.5. The fraction of sp³-hybridized carbons (Fsp3) is 0.700. The van der Waals surface area contributed by atoms with Crippen LogP contribution in [0, 0.1) is 11.8 Å². The maximum Gasteiger partial charge on any atom is 0.308 e. The van der Waals surface area contributed by atoms with E-state index in [4.69, 9.17) is 9.84 Å². The standard InChI is InChI=1S/C10H15NO5/c1-4(10(14)15)8-7(9(13)11-8)5(2)16-6(3)12/h4-5,7-8H,1-3H3,(H,11,13)(H,14,15)/t4-,5-,7-,8-/m1/s1. The van der Waals surface area contributed by atoms with E-state index in [1.165, 1.54) is 13.8 Å². The molecular formula is C10H15NO5. The van der Waals surface area contributed by atoms with Crippen LogP contribution < -0.4 is 5.32 Å². The van der Waals surface area contributed by atoms with E-state index in [-0.39, 0.29) is 5.91 Å². The van der Waals surface area contributed by atoms with Crippen molar-refractivity contribution < 1.29 is 24.2 Å². The third-order valence-electron chi connectivity index (χ3n) is 2.78. The van der Waals surface area contributed by atoms with E-state index in [1.807, 2.05) is 0 Å². The monoisotopic (exact) mass is 229 g/mol. The highest BCUT2D eigenvalue weighted by molar-refractivity contribution is 5.89. The molecule has 0 aliphatic carbocycles. The van der Waals surface area contributed by atoms with Crippen molar-refractivity contribution in [3.05, 3.63) is 0 Å². The predicted octanol–water partition coefficient (Wildman–Crippen LogP) is -0.227. The van der Waals surface area contributed by atoms with Crippen LogP contribution in [0.5, 0.6) is 0 Å². The van der Waals surface area contributed by atoms with Crippen LogP contribution in [0.25, 0.3) is 0 Å². The van der Waals surface area contributed by atoms with Crippen molar-refractivity contribution in [2.24, 2.45) is 11.8 Å². The fourth-order valence-corrected chi connectivity index (χ4v) is 1.85. The quantitative estimate of drug-likeness (QED) is 0.513. The first-order valence-corrected chi connectivity index (χ1v) is 5.05. The average Bonchev–Trinajstić information content (AvgIpc) is 2.10. The number of hydrogen-bond donors (Lipinski definition) is 2. The molecule has 0 aromatic rings. The van der Waals surface area contributed by atoms with Gasteiger partial charge in [0.1, 0.15) is 6.10 Å². The summed E-state index contributed by atoms with van der Waals surface area (Å²) in [5.74, 6) is -3.00. The number of nitrogens with one attached hydrogen (secondary N) is 1. The second-order valence-corrected chi connectivity index (χ2v) is 4.00. The number of carboxylic acids is 1. The largest absolute Gasteiger partial charge is 0.481 e. The molecule has 0 aromatic heterocycles. The molecule has 1 aliphatic rings. The van der Waals surface area contributed by atoms with Crippen LogP contribution in [0.1, 0.15) is 20.8 Å². The molecule has 90 valence electrons. The third kappa shape index (κ3) is 2.32. The lowest BCUT2D eigenvalue weighted by Crippen LogP contribution is -2.65. The Morgan fingerprint density at radius 2 is 2.00 bits per heavy atom. The van der Waals surface area contributed by atoms with Crippen LogP contribution >= 0.6 is 0 Å². The summed E-state index contributed by atoms with van der Waals surface area (Å²) >= 11 is 0. The molecular weight excluding hydrogens is 214 g/mol. The lowest BCUT2D eigenvalue weighted by atomic mass is 9.79. The topological polar surface area (TPSA) is 92.7 Å². The van der Waals surface area contributed by atoms with Gasteiger partial charge in [0.2, 0.25) is 5.91 Å². The molecule has 1 fully saturated rings. The minimum atomic E-state index is -0.981. The molecule has 16 heavy (non-hydrogen) atoms. The van der Waals surface area contributed by atoms with E-state index in [1.54, 1.807) is 6.92 Å². The molecule has 0 radical (unpaired) electrons. The number of β-lactam (4-membered cyclic amide) rings is 1. The Bertz CT molecular complexity index is 327. The van der Waals surface area contributed by atoms with Crippen LogP contribution in [0.2, 0.25) is 0 Å². The molecule has 0 saturated carbocycles. The number of aliphatic carboxylic acids is 1. The molecule has 1 heterocycles.